The Bertz CT molecular complexity index is 320. The number of hydrogen-bond donors (Lipinski definition) is 0. The number of fused-ring (bicyclic) bond motifs is 1. The SMILES string of the molecule is CSc1ccc2c(c1)C=NCS2. The number of rotatable bonds is 1. The van der Waals surface area contributed by atoms with Crippen molar-refractivity contribution in [2.24, 2.45) is 4.99 Å². The van der Waals surface area contributed by atoms with Crippen LogP contribution in [0.15, 0.2) is 33.0 Å². The predicted molar refractivity (Wildman–Crippen MR) is 56.5 cm³/mol. The maximum Gasteiger partial charge on any atom is 0.0890 e. The van der Waals surface area contributed by atoms with Gasteiger partial charge in [0.15, 0.2) is 0 Å². The van der Waals surface area contributed by atoms with Crippen molar-refractivity contribution < 1.29 is 0 Å². The third kappa shape index (κ3) is 1.52. The second-order valence-corrected chi connectivity index (χ2v) is 4.36. The van der Waals surface area contributed by atoms with Crippen LogP contribution in [-0.2, 0) is 0 Å². The van der Waals surface area contributed by atoms with Crippen LogP contribution >= 0.6 is 23.5 Å². The smallest absolute Gasteiger partial charge is 0.0890 e. The molecule has 1 nitrogen and oxygen atoms in total. The van der Waals surface area contributed by atoms with Crippen molar-refractivity contribution in [1.82, 2.24) is 0 Å². The van der Waals surface area contributed by atoms with E-state index < -0.39 is 0 Å². The average molecular weight is 195 g/mol. The van der Waals surface area contributed by atoms with E-state index in [-0.39, 0.29) is 0 Å². The van der Waals surface area contributed by atoms with Gasteiger partial charge in [-0.2, -0.15) is 0 Å². The summed E-state index contributed by atoms with van der Waals surface area (Å²) in [5, 5.41) is 0. The van der Waals surface area contributed by atoms with Crippen LogP contribution in [0.25, 0.3) is 0 Å². The molecule has 0 unspecified atom stereocenters. The number of benzene rings is 1. The minimum atomic E-state index is 0.867. The molecule has 0 N–H and O–H groups in total. The molecule has 1 heterocycles. The zero-order chi connectivity index (χ0) is 8.39. The van der Waals surface area contributed by atoms with E-state index in [0.717, 1.165) is 5.88 Å². The maximum atomic E-state index is 4.22. The molecule has 1 aromatic rings. The Morgan fingerprint density at radius 3 is 3.25 bits per heavy atom. The van der Waals surface area contributed by atoms with Gasteiger partial charge in [-0.25, -0.2) is 0 Å². The Balaban J connectivity index is 2.44. The van der Waals surface area contributed by atoms with E-state index in [9.17, 15) is 0 Å². The number of nitrogens with zero attached hydrogens (tertiary/aromatic N) is 1. The minimum absolute atomic E-state index is 0.867. The lowest BCUT2D eigenvalue weighted by Crippen LogP contribution is -1.93. The highest BCUT2D eigenvalue weighted by Gasteiger charge is 2.05. The summed E-state index contributed by atoms with van der Waals surface area (Å²) < 4.78 is 0. The molecule has 0 aromatic heterocycles. The van der Waals surface area contributed by atoms with Gasteiger partial charge in [0, 0.05) is 21.6 Å². The summed E-state index contributed by atoms with van der Waals surface area (Å²) in [7, 11) is 0. The lowest BCUT2D eigenvalue weighted by molar-refractivity contribution is 1.27. The van der Waals surface area contributed by atoms with Crippen molar-refractivity contribution in [1.29, 1.82) is 0 Å². The van der Waals surface area contributed by atoms with Gasteiger partial charge in [0.25, 0.3) is 0 Å². The highest BCUT2D eigenvalue weighted by atomic mass is 32.2. The van der Waals surface area contributed by atoms with E-state index in [1.54, 1.807) is 23.5 Å². The molecule has 2 rings (SSSR count). The van der Waals surface area contributed by atoms with Gasteiger partial charge in [-0.1, -0.05) is 0 Å². The molecule has 0 saturated carbocycles. The van der Waals surface area contributed by atoms with Gasteiger partial charge >= 0.3 is 0 Å². The summed E-state index contributed by atoms with van der Waals surface area (Å²) >= 11 is 3.57. The van der Waals surface area contributed by atoms with Gasteiger partial charge in [0.1, 0.15) is 0 Å². The Kier molecular flexibility index (Phi) is 2.42. The van der Waals surface area contributed by atoms with Crippen molar-refractivity contribution in [3.63, 3.8) is 0 Å². The molecule has 1 aromatic carbocycles. The normalized spacial score (nSPS) is 14.4. The summed E-state index contributed by atoms with van der Waals surface area (Å²) in [4.78, 5) is 6.88. The van der Waals surface area contributed by atoms with Crippen molar-refractivity contribution >= 4 is 29.7 Å². The van der Waals surface area contributed by atoms with Crippen molar-refractivity contribution in [3.8, 4) is 0 Å². The molecule has 3 heteroatoms. The van der Waals surface area contributed by atoms with Crippen LogP contribution in [0, 0.1) is 0 Å². The molecule has 0 saturated heterocycles. The molecule has 0 aliphatic carbocycles. The van der Waals surface area contributed by atoms with Crippen molar-refractivity contribution in [2.75, 3.05) is 12.1 Å². The zero-order valence-electron chi connectivity index (χ0n) is 6.78. The summed E-state index contributed by atoms with van der Waals surface area (Å²) in [6.07, 6.45) is 4.06. The van der Waals surface area contributed by atoms with Crippen LogP contribution < -0.4 is 0 Å². The first kappa shape index (κ1) is 8.20. The molecule has 0 radical (unpaired) electrons. The molecule has 62 valence electrons. The highest BCUT2D eigenvalue weighted by molar-refractivity contribution is 7.99. The topological polar surface area (TPSA) is 12.4 Å². The van der Waals surface area contributed by atoms with Crippen LogP contribution in [-0.4, -0.2) is 18.3 Å². The van der Waals surface area contributed by atoms with E-state index in [2.05, 4.69) is 29.4 Å². The second-order valence-electron chi connectivity index (χ2n) is 2.49. The van der Waals surface area contributed by atoms with Crippen LogP contribution in [0.3, 0.4) is 0 Å². The van der Waals surface area contributed by atoms with E-state index in [1.807, 2.05) is 6.21 Å². The number of aliphatic imine (C=N–C) groups is 1. The Morgan fingerprint density at radius 2 is 2.42 bits per heavy atom. The third-order valence-electron chi connectivity index (χ3n) is 1.74. The quantitative estimate of drug-likeness (QED) is 0.639. The molecule has 12 heavy (non-hydrogen) atoms. The molecular weight excluding hydrogens is 186 g/mol. The van der Waals surface area contributed by atoms with Gasteiger partial charge in [-0.05, 0) is 24.5 Å². The molecule has 0 amide bonds. The molecule has 0 fully saturated rings. The maximum absolute atomic E-state index is 4.22. The van der Waals surface area contributed by atoms with E-state index in [1.165, 1.54) is 15.4 Å². The second kappa shape index (κ2) is 3.54. The Labute approximate surface area is 80.7 Å². The Morgan fingerprint density at radius 1 is 1.50 bits per heavy atom. The lowest BCUT2D eigenvalue weighted by atomic mass is 10.2. The summed E-state index contributed by atoms with van der Waals surface area (Å²) in [6.45, 7) is 0. The molecule has 1 aliphatic heterocycles. The summed E-state index contributed by atoms with van der Waals surface area (Å²) in [5.41, 5.74) is 1.26. The molecule has 1 aliphatic rings. The summed E-state index contributed by atoms with van der Waals surface area (Å²) in [6, 6.07) is 6.53. The van der Waals surface area contributed by atoms with E-state index in [4.69, 9.17) is 0 Å². The predicted octanol–water partition coefficient (Wildman–Crippen LogP) is 2.89. The van der Waals surface area contributed by atoms with Crippen LogP contribution in [0.2, 0.25) is 0 Å². The van der Waals surface area contributed by atoms with Gasteiger partial charge in [0.2, 0.25) is 0 Å². The van der Waals surface area contributed by atoms with Crippen LogP contribution in [0.4, 0.5) is 0 Å². The molecule has 0 spiro atoms. The highest BCUT2D eigenvalue weighted by Crippen LogP contribution is 2.28. The van der Waals surface area contributed by atoms with Gasteiger partial charge in [-0.15, -0.1) is 23.5 Å². The van der Waals surface area contributed by atoms with Crippen molar-refractivity contribution in [3.05, 3.63) is 23.8 Å². The fraction of sp³-hybridized carbons (Fsp3) is 0.222. The standard InChI is InChI=1S/C9H9NS2/c1-11-8-2-3-9-7(4-8)5-10-6-12-9/h2-5H,6H2,1H3. The third-order valence-corrected chi connectivity index (χ3v) is 3.43. The van der Waals surface area contributed by atoms with Gasteiger partial charge < -0.3 is 0 Å². The number of thioether (sulfide) groups is 2. The monoisotopic (exact) mass is 195 g/mol. The van der Waals surface area contributed by atoms with Crippen molar-refractivity contribution in [2.45, 2.75) is 9.79 Å². The first-order valence-corrected chi connectivity index (χ1v) is 5.92. The Hall–Kier alpha value is -0.410. The first-order valence-electron chi connectivity index (χ1n) is 3.71. The fourth-order valence-corrected chi connectivity index (χ4v) is 2.31. The van der Waals surface area contributed by atoms with Crippen LogP contribution in [0.5, 0.6) is 0 Å². The zero-order valence-corrected chi connectivity index (χ0v) is 8.41. The fourth-order valence-electron chi connectivity index (χ4n) is 1.13. The van der Waals surface area contributed by atoms with E-state index in [0.29, 0.717) is 0 Å². The first-order chi connectivity index (χ1) is 5.90. The molecule has 0 bridgehead atoms. The average Bonchev–Trinajstić information content (AvgIpc) is 2.17. The molecule has 0 atom stereocenters. The van der Waals surface area contributed by atoms with Crippen LogP contribution in [0.1, 0.15) is 5.56 Å². The lowest BCUT2D eigenvalue weighted by Gasteiger charge is -2.09. The molecular formula is C9H9NS2. The summed E-state index contributed by atoms with van der Waals surface area (Å²) in [5.74, 6) is 0.867. The largest absolute Gasteiger partial charge is 0.281 e. The minimum Gasteiger partial charge on any atom is -0.281 e. The number of hydrogen-bond acceptors (Lipinski definition) is 3. The van der Waals surface area contributed by atoms with Gasteiger partial charge in [0.05, 0.1) is 5.88 Å². The van der Waals surface area contributed by atoms with E-state index >= 15 is 0 Å². The van der Waals surface area contributed by atoms with Gasteiger partial charge in [-0.3, -0.25) is 4.99 Å².